The van der Waals surface area contributed by atoms with Gasteiger partial charge in [0.1, 0.15) is 0 Å². The van der Waals surface area contributed by atoms with Gasteiger partial charge < -0.3 is 15.4 Å². The highest BCUT2D eigenvalue weighted by molar-refractivity contribution is 7.96. The smallest absolute Gasteiger partial charge is 0.249 e. The number of ether oxygens (including phenoxy) is 1. The largest absolute Gasteiger partial charge is 0.378 e. The number of nitrogen functional groups attached to an aromatic ring is 1. The molecule has 1 aliphatic heterocycles. The number of carbonyl (C=O) groups excluding carboxylic acids is 1. The molecule has 0 radical (unpaired) electrons. The molecule has 0 atom stereocenters. The molecule has 2 rings (SSSR count). The number of rotatable bonds is 5. The van der Waals surface area contributed by atoms with Crippen LogP contribution in [0.1, 0.15) is 0 Å². The molecule has 18 heavy (non-hydrogen) atoms. The summed E-state index contributed by atoms with van der Waals surface area (Å²) < 4.78 is 8.01. The number of hydrazine groups is 1. The first-order chi connectivity index (χ1) is 8.76. The van der Waals surface area contributed by atoms with E-state index in [9.17, 15) is 4.79 Å². The van der Waals surface area contributed by atoms with Crippen molar-refractivity contribution < 1.29 is 9.53 Å². The maximum atomic E-state index is 10.8. The van der Waals surface area contributed by atoms with E-state index in [-0.39, 0.29) is 5.95 Å². The Labute approximate surface area is 108 Å². The van der Waals surface area contributed by atoms with E-state index in [1.165, 1.54) is 21.0 Å². The van der Waals surface area contributed by atoms with Crippen molar-refractivity contribution in [1.29, 1.82) is 0 Å². The predicted molar refractivity (Wildman–Crippen MR) is 68.2 cm³/mol. The second kappa shape index (κ2) is 5.78. The molecule has 0 spiro atoms. The van der Waals surface area contributed by atoms with Crippen LogP contribution in [0.5, 0.6) is 0 Å². The zero-order chi connectivity index (χ0) is 13.0. The van der Waals surface area contributed by atoms with Crippen molar-refractivity contribution in [2.24, 2.45) is 0 Å². The van der Waals surface area contributed by atoms with Gasteiger partial charge in [0, 0.05) is 19.3 Å². The first-order valence-electron chi connectivity index (χ1n) is 5.35. The number of anilines is 2. The second-order valence-corrected chi connectivity index (χ2v) is 4.27. The van der Waals surface area contributed by atoms with Gasteiger partial charge in [-0.1, -0.05) is 0 Å². The molecular formula is C8H15N7O2S. The van der Waals surface area contributed by atoms with Crippen molar-refractivity contribution in [3.63, 3.8) is 0 Å². The second-order valence-electron chi connectivity index (χ2n) is 3.51. The summed E-state index contributed by atoms with van der Waals surface area (Å²) in [6.45, 7) is 2.68. The summed E-state index contributed by atoms with van der Waals surface area (Å²) in [5.41, 5.74) is 8.53. The zero-order valence-electron chi connectivity index (χ0n) is 9.94. The summed E-state index contributed by atoms with van der Waals surface area (Å²) in [5, 5.41) is 7.81. The quantitative estimate of drug-likeness (QED) is 0.396. The Morgan fingerprint density at radius 1 is 1.50 bits per heavy atom. The highest BCUT2D eigenvalue weighted by Crippen LogP contribution is 2.15. The number of nitrogens with zero attached hydrogens (tertiary/aromatic N) is 5. The van der Waals surface area contributed by atoms with Crippen LogP contribution in [0.4, 0.5) is 11.9 Å². The van der Waals surface area contributed by atoms with Crippen molar-refractivity contribution in [3.05, 3.63) is 0 Å². The summed E-state index contributed by atoms with van der Waals surface area (Å²) >= 11 is 1.21. The molecule has 1 saturated heterocycles. The molecule has 10 heteroatoms. The lowest BCUT2D eigenvalue weighted by molar-refractivity contribution is -0.113. The lowest BCUT2D eigenvalue weighted by Gasteiger charge is -2.28. The van der Waals surface area contributed by atoms with Gasteiger partial charge in [-0.3, -0.25) is 4.79 Å². The van der Waals surface area contributed by atoms with Crippen molar-refractivity contribution in [2.45, 2.75) is 0 Å². The summed E-state index contributed by atoms with van der Waals surface area (Å²) in [5.74, 6) is 0.758. The molecule has 1 aromatic rings. The van der Waals surface area contributed by atoms with Crippen LogP contribution in [-0.4, -0.2) is 58.3 Å². The molecule has 0 aromatic carbocycles. The molecule has 0 aliphatic carbocycles. The number of morpholine rings is 1. The highest BCUT2D eigenvalue weighted by Gasteiger charge is 2.20. The number of carbonyl (C=O) groups is 1. The molecule has 9 nitrogen and oxygen atoms in total. The summed E-state index contributed by atoms with van der Waals surface area (Å²) in [7, 11) is 0. The fourth-order valence-electron chi connectivity index (χ4n) is 1.56. The standard InChI is InChI=1S/C8H15N7O2S/c1-18-14(6-16)12-15-7(9)10-11-8(15)13-2-4-17-5-3-13/h6,12H,2-5H2,1H3,(H2,9,10). The third-order valence-corrected chi connectivity index (χ3v) is 3.02. The molecule has 3 N–H and O–H groups in total. The van der Waals surface area contributed by atoms with Gasteiger partial charge in [-0.2, -0.15) is 9.09 Å². The molecule has 100 valence electrons. The maximum absolute atomic E-state index is 10.8. The van der Waals surface area contributed by atoms with Crippen molar-refractivity contribution in [1.82, 2.24) is 19.3 Å². The minimum absolute atomic E-state index is 0.192. The van der Waals surface area contributed by atoms with Gasteiger partial charge in [-0.15, -0.1) is 10.2 Å². The average molecular weight is 273 g/mol. The average Bonchev–Trinajstić information content (AvgIpc) is 2.78. The Balaban J connectivity index is 2.17. The van der Waals surface area contributed by atoms with E-state index >= 15 is 0 Å². The van der Waals surface area contributed by atoms with E-state index in [2.05, 4.69) is 15.7 Å². The minimum atomic E-state index is 0.192. The van der Waals surface area contributed by atoms with Crippen LogP contribution in [-0.2, 0) is 9.53 Å². The molecule has 2 heterocycles. The van der Waals surface area contributed by atoms with Crippen molar-refractivity contribution >= 4 is 30.3 Å². The Kier molecular flexibility index (Phi) is 4.10. The van der Waals surface area contributed by atoms with E-state index < -0.39 is 0 Å². The Hall–Kier alpha value is -1.68. The number of nitrogens with two attached hydrogens (primary N) is 1. The lowest BCUT2D eigenvalue weighted by atomic mass is 10.4. The number of aromatic nitrogens is 3. The fraction of sp³-hybridized carbons (Fsp3) is 0.625. The molecule has 1 aromatic heterocycles. The van der Waals surface area contributed by atoms with E-state index in [1.54, 1.807) is 6.26 Å². The minimum Gasteiger partial charge on any atom is -0.378 e. The molecule has 0 unspecified atom stereocenters. The Morgan fingerprint density at radius 2 is 2.22 bits per heavy atom. The Bertz CT molecular complexity index is 406. The normalized spacial score (nSPS) is 15.5. The van der Waals surface area contributed by atoms with Crippen LogP contribution in [0.3, 0.4) is 0 Å². The van der Waals surface area contributed by atoms with Crippen LogP contribution in [0.25, 0.3) is 0 Å². The van der Waals surface area contributed by atoms with Gasteiger partial charge in [-0.05, 0) is 11.9 Å². The van der Waals surface area contributed by atoms with E-state index in [1.807, 2.05) is 4.90 Å². The number of hydrogen-bond donors (Lipinski definition) is 2. The van der Waals surface area contributed by atoms with Gasteiger partial charge in [-0.25, -0.2) is 5.53 Å². The topological polar surface area (TPSA) is 102 Å². The molecule has 1 aliphatic rings. The third-order valence-electron chi connectivity index (χ3n) is 2.46. The van der Waals surface area contributed by atoms with E-state index in [0.717, 1.165) is 0 Å². The van der Waals surface area contributed by atoms with E-state index in [0.29, 0.717) is 38.7 Å². The number of amides is 1. The molecule has 0 bridgehead atoms. The van der Waals surface area contributed by atoms with Gasteiger partial charge in [0.15, 0.2) is 0 Å². The van der Waals surface area contributed by atoms with Crippen LogP contribution in [0, 0.1) is 0 Å². The molecule has 0 saturated carbocycles. The van der Waals surface area contributed by atoms with Crippen LogP contribution in [0.2, 0.25) is 0 Å². The highest BCUT2D eigenvalue weighted by atomic mass is 32.2. The summed E-state index contributed by atoms with van der Waals surface area (Å²) in [6, 6.07) is 0. The third kappa shape index (κ3) is 2.59. The summed E-state index contributed by atoms with van der Waals surface area (Å²) in [6.07, 6.45) is 2.41. The van der Waals surface area contributed by atoms with Crippen LogP contribution >= 0.6 is 11.9 Å². The molecule has 1 amide bonds. The molecular weight excluding hydrogens is 258 g/mol. The maximum Gasteiger partial charge on any atom is 0.249 e. The van der Waals surface area contributed by atoms with Gasteiger partial charge in [0.05, 0.1) is 13.2 Å². The van der Waals surface area contributed by atoms with E-state index in [4.69, 9.17) is 10.5 Å². The van der Waals surface area contributed by atoms with Crippen LogP contribution in [0.15, 0.2) is 0 Å². The molecule has 1 fully saturated rings. The van der Waals surface area contributed by atoms with Crippen molar-refractivity contribution in [2.75, 3.05) is 48.7 Å². The monoisotopic (exact) mass is 273 g/mol. The van der Waals surface area contributed by atoms with Crippen LogP contribution < -0.4 is 16.2 Å². The SMILES string of the molecule is CSN(C=O)Nn1c(N)nnc1N1CCOCC1. The Morgan fingerprint density at radius 3 is 2.83 bits per heavy atom. The lowest BCUT2D eigenvalue weighted by Crippen LogP contribution is -2.40. The first kappa shape index (κ1) is 12.8. The first-order valence-corrected chi connectivity index (χ1v) is 6.53. The number of hydrogen-bond acceptors (Lipinski definition) is 8. The number of nitrogens with one attached hydrogen (secondary N) is 1. The van der Waals surface area contributed by atoms with Gasteiger partial charge in [0.25, 0.3) is 0 Å². The van der Waals surface area contributed by atoms with Gasteiger partial charge >= 0.3 is 0 Å². The fourth-order valence-corrected chi connectivity index (χ4v) is 1.81. The zero-order valence-corrected chi connectivity index (χ0v) is 10.8. The predicted octanol–water partition coefficient (Wildman–Crippen LogP) is -1.11. The summed E-state index contributed by atoms with van der Waals surface area (Å²) in [4.78, 5) is 12.8. The van der Waals surface area contributed by atoms with Crippen molar-refractivity contribution in [3.8, 4) is 0 Å². The van der Waals surface area contributed by atoms with Gasteiger partial charge in [0.2, 0.25) is 18.3 Å².